The highest BCUT2D eigenvalue weighted by atomic mass is 19.3. The zero-order valence-electron chi connectivity index (χ0n) is 17.9. The molecule has 0 bridgehead atoms. The van der Waals surface area contributed by atoms with Gasteiger partial charge in [-0.05, 0) is 87.8 Å². The van der Waals surface area contributed by atoms with Gasteiger partial charge in [-0.1, -0.05) is 31.1 Å². The average molecular weight is 425 g/mol. The predicted molar refractivity (Wildman–Crippen MR) is 111 cm³/mol. The van der Waals surface area contributed by atoms with Crippen molar-refractivity contribution >= 4 is 0 Å². The van der Waals surface area contributed by atoms with Crippen molar-refractivity contribution in [3.05, 3.63) is 58.9 Å². The van der Waals surface area contributed by atoms with Crippen LogP contribution >= 0.6 is 0 Å². The first-order valence-corrected chi connectivity index (χ1v) is 11.1. The van der Waals surface area contributed by atoms with Crippen molar-refractivity contribution in [2.24, 2.45) is 17.8 Å². The van der Waals surface area contributed by atoms with Gasteiger partial charge in [0.1, 0.15) is 5.56 Å². The topological polar surface area (TPSA) is 9.23 Å². The van der Waals surface area contributed by atoms with Crippen molar-refractivity contribution in [1.29, 1.82) is 0 Å². The Morgan fingerprint density at radius 2 is 1.77 bits per heavy atom. The Morgan fingerprint density at radius 1 is 1.03 bits per heavy atom. The monoisotopic (exact) mass is 424 g/mol. The van der Waals surface area contributed by atoms with Crippen LogP contribution in [0.15, 0.2) is 36.1 Å². The summed E-state index contributed by atoms with van der Waals surface area (Å²) < 4.78 is 61.5. The van der Waals surface area contributed by atoms with E-state index in [2.05, 4.69) is 19.1 Å². The molecule has 3 rings (SSSR count). The molecule has 0 saturated heterocycles. The molecule has 2 aliphatic rings. The summed E-state index contributed by atoms with van der Waals surface area (Å²) in [5.41, 5.74) is -1.06. The fraction of sp³-hybridized carbons (Fsp3) is 0.600. The van der Waals surface area contributed by atoms with Crippen LogP contribution in [0.3, 0.4) is 0 Å². The summed E-state index contributed by atoms with van der Waals surface area (Å²) in [4.78, 5) is 0. The smallest absolute Gasteiger partial charge is 0.429 e. The number of aryl methyl sites for hydroxylation is 1. The minimum Gasteiger partial charge on any atom is -0.434 e. The Morgan fingerprint density at radius 3 is 2.40 bits per heavy atom. The van der Waals surface area contributed by atoms with Crippen molar-refractivity contribution in [3.63, 3.8) is 0 Å². The Hall–Kier alpha value is -1.78. The summed E-state index contributed by atoms with van der Waals surface area (Å²) in [7, 11) is 0. The van der Waals surface area contributed by atoms with Crippen LogP contribution in [0.4, 0.5) is 17.6 Å². The highest BCUT2D eigenvalue weighted by Crippen LogP contribution is 2.43. The molecule has 0 N–H and O–H groups in total. The van der Waals surface area contributed by atoms with Gasteiger partial charge in [0.2, 0.25) is 0 Å². The second kappa shape index (κ2) is 10.0. The molecule has 1 aromatic carbocycles. The largest absolute Gasteiger partial charge is 0.434 e. The first-order chi connectivity index (χ1) is 14.3. The Kier molecular flexibility index (Phi) is 7.65. The van der Waals surface area contributed by atoms with Crippen LogP contribution < -0.4 is 0 Å². The average Bonchev–Trinajstić information content (AvgIpc) is 2.73. The molecule has 2 aliphatic carbocycles. The second-order valence-corrected chi connectivity index (χ2v) is 8.81. The molecule has 0 amide bonds. The van der Waals surface area contributed by atoms with Gasteiger partial charge in [-0.15, -0.1) is 0 Å². The molecule has 1 fully saturated rings. The fourth-order valence-electron chi connectivity index (χ4n) is 4.89. The first-order valence-electron chi connectivity index (χ1n) is 11.1. The summed E-state index contributed by atoms with van der Waals surface area (Å²) in [5.74, 6) is -0.674. The summed E-state index contributed by atoms with van der Waals surface area (Å²) in [5, 5.41) is 0. The lowest BCUT2D eigenvalue weighted by atomic mass is 9.71. The van der Waals surface area contributed by atoms with Crippen LogP contribution in [-0.2, 0) is 10.8 Å². The molecule has 166 valence electrons. The van der Waals surface area contributed by atoms with Crippen LogP contribution in [-0.4, -0.2) is 0 Å². The Labute approximate surface area is 177 Å². The van der Waals surface area contributed by atoms with Crippen molar-refractivity contribution in [3.8, 4) is 0 Å². The molecule has 0 aliphatic heterocycles. The molecule has 1 aromatic rings. The van der Waals surface area contributed by atoms with Gasteiger partial charge in [0.05, 0.1) is 5.76 Å². The second-order valence-electron chi connectivity index (χ2n) is 8.81. The van der Waals surface area contributed by atoms with E-state index < -0.39 is 23.3 Å². The minimum atomic E-state index is -3.89. The minimum absolute atomic E-state index is 0.0108. The quantitative estimate of drug-likeness (QED) is 0.317. The predicted octanol–water partition coefficient (Wildman–Crippen LogP) is 8.19. The van der Waals surface area contributed by atoms with Gasteiger partial charge in [-0.3, -0.25) is 0 Å². The molecule has 1 saturated carbocycles. The van der Waals surface area contributed by atoms with E-state index in [1.54, 1.807) is 6.08 Å². The molecule has 0 aromatic heterocycles. The Balaban J connectivity index is 1.53. The van der Waals surface area contributed by atoms with Gasteiger partial charge in [-0.25, -0.2) is 8.78 Å². The van der Waals surface area contributed by atoms with Crippen LogP contribution in [0.1, 0.15) is 75.8 Å². The summed E-state index contributed by atoms with van der Waals surface area (Å²) in [6, 6.07) is 2.04. The van der Waals surface area contributed by atoms with Gasteiger partial charge in [0.25, 0.3) is 0 Å². The summed E-state index contributed by atoms with van der Waals surface area (Å²) >= 11 is 0. The molecule has 0 spiro atoms. The lowest BCUT2D eigenvalue weighted by Gasteiger charge is -2.35. The third-order valence-electron chi connectivity index (χ3n) is 6.79. The van der Waals surface area contributed by atoms with Gasteiger partial charge < -0.3 is 4.74 Å². The van der Waals surface area contributed by atoms with E-state index in [-0.39, 0.29) is 11.3 Å². The van der Waals surface area contributed by atoms with E-state index in [1.165, 1.54) is 39.0 Å². The molecule has 0 radical (unpaired) electrons. The number of alkyl halides is 2. The molecule has 5 heteroatoms. The lowest BCUT2D eigenvalue weighted by Crippen LogP contribution is -2.25. The van der Waals surface area contributed by atoms with Crippen molar-refractivity contribution < 1.29 is 22.3 Å². The van der Waals surface area contributed by atoms with Crippen LogP contribution in [0.25, 0.3) is 0 Å². The maximum atomic E-state index is 14.5. The number of rotatable bonds is 7. The molecule has 0 heterocycles. The van der Waals surface area contributed by atoms with E-state index in [9.17, 15) is 17.6 Å². The number of hydrogen-bond donors (Lipinski definition) is 0. The highest BCUT2D eigenvalue weighted by molar-refractivity contribution is 5.28. The number of benzene rings is 1. The highest BCUT2D eigenvalue weighted by Gasteiger charge is 2.40. The molecule has 1 unspecified atom stereocenters. The molecule has 1 nitrogen and oxygen atoms in total. The van der Waals surface area contributed by atoms with Crippen LogP contribution in [0.2, 0.25) is 0 Å². The van der Waals surface area contributed by atoms with Crippen molar-refractivity contribution in [1.82, 2.24) is 0 Å². The third-order valence-corrected chi connectivity index (χ3v) is 6.79. The maximum Gasteiger partial charge on any atom is 0.429 e. The van der Waals surface area contributed by atoms with Crippen molar-refractivity contribution in [2.45, 2.75) is 77.7 Å². The third kappa shape index (κ3) is 5.47. The zero-order valence-corrected chi connectivity index (χ0v) is 17.9. The standard InChI is InChI=1S/C25H32F4O/c1-3-4-5-6-18-8-10-19(11-9-18)20-12-14-21(15-13-20)30-25(28,29)22-16-7-17(2)23(26)24(22)27/h3-4,7,14,16,18-20H,5-6,8-13,15H2,1-2H3. The van der Waals surface area contributed by atoms with E-state index >= 15 is 0 Å². The number of halogens is 4. The van der Waals surface area contributed by atoms with Gasteiger partial charge in [0.15, 0.2) is 11.6 Å². The SMILES string of the molecule is CC=CCCC1CCC(C2CC=C(OC(F)(F)c3ccc(C)c(F)c3F)CC2)CC1. The molecule has 30 heavy (non-hydrogen) atoms. The van der Waals surface area contributed by atoms with E-state index in [4.69, 9.17) is 4.74 Å². The molecular formula is C25H32F4O. The number of allylic oxidation sites excluding steroid dienone is 4. The molecular weight excluding hydrogens is 392 g/mol. The van der Waals surface area contributed by atoms with E-state index in [0.29, 0.717) is 24.7 Å². The number of ether oxygens (including phenoxy) is 1. The lowest BCUT2D eigenvalue weighted by molar-refractivity contribution is -0.228. The molecule has 1 atom stereocenters. The van der Waals surface area contributed by atoms with Gasteiger partial charge >= 0.3 is 6.11 Å². The first kappa shape index (κ1) is 22.9. The van der Waals surface area contributed by atoms with Crippen LogP contribution in [0, 0.1) is 36.3 Å². The van der Waals surface area contributed by atoms with E-state index in [1.807, 2.05) is 0 Å². The zero-order chi connectivity index (χ0) is 21.7. The van der Waals surface area contributed by atoms with Gasteiger partial charge in [-0.2, -0.15) is 8.78 Å². The summed E-state index contributed by atoms with van der Waals surface area (Å²) in [6.45, 7) is 3.39. The normalized spacial score (nSPS) is 25.4. The maximum absolute atomic E-state index is 14.5. The van der Waals surface area contributed by atoms with E-state index in [0.717, 1.165) is 30.9 Å². The van der Waals surface area contributed by atoms with Crippen LogP contribution in [0.5, 0.6) is 0 Å². The van der Waals surface area contributed by atoms with Crippen molar-refractivity contribution in [2.75, 3.05) is 0 Å². The van der Waals surface area contributed by atoms with Gasteiger partial charge in [0, 0.05) is 6.42 Å². The fourth-order valence-corrected chi connectivity index (χ4v) is 4.89. The number of hydrogen-bond acceptors (Lipinski definition) is 1. The Bertz CT molecular complexity index is 776. The summed E-state index contributed by atoms with van der Waals surface area (Å²) in [6.07, 6.45) is 11.4.